The number of rotatable bonds is 2. The van der Waals surface area contributed by atoms with Gasteiger partial charge in [-0.2, -0.15) is 0 Å². The van der Waals surface area contributed by atoms with Gasteiger partial charge >= 0.3 is 0 Å². The second-order valence-corrected chi connectivity index (χ2v) is 5.65. The lowest BCUT2D eigenvalue weighted by Crippen LogP contribution is -2.44. The van der Waals surface area contributed by atoms with E-state index in [0.29, 0.717) is 11.3 Å². The third-order valence-corrected chi connectivity index (χ3v) is 3.91. The molecule has 1 aliphatic heterocycles. The van der Waals surface area contributed by atoms with Crippen LogP contribution in [0.3, 0.4) is 0 Å². The molecule has 5 heteroatoms. The standard InChI is InChI=1S/C16H12BrNO3/c17-12-6-8-13(9-7-12)18-15(20)14(19)10-16(18,21)11-4-2-1-3-5-11/h1-10,19,21H/t16-/m1/s1. The van der Waals surface area contributed by atoms with Gasteiger partial charge < -0.3 is 10.2 Å². The lowest BCUT2D eigenvalue weighted by molar-refractivity contribution is -0.119. The molecule has 2 aromatic carbocycles. The lowest BCUT2D eigenvalue weighted by Gasteiger charge is -2.33. The molecule has 21 heavy (non-hydrogen) atoms. The molecule has 2 aromatic rings. The number of benzene rings is 2. The molecule has 0 unspecified atom stereocenters. The summed E-state index contributed by atoms with van der Waals surface area (Å²) in [6.07, 6.45) is 1.16. The van der Waals surface area contributed by atoms with Crippen molar-refractivity contribution in [3.05, 3.63) is 76.5 Å². The van der Waals surface area contributed by atoms with Crippen LogP contribution in [0.4, 0.5) is 5.69 Å². The van der Waals surface area contributed by atoms with Gasteiger partial charge in [0.05, 0.1) is 0 Å². The highest BCUT2D eigenvalue weighted by Gasteiger charge is 2.46. The largest absolute Gasteiger partial charge is 0.503 e. The molecule has 2 N–H and O–H groups in total. The van der Waals surface area contributed by atoms with E-state index in [-0.39, 0.29) is 0 Å². The van der Waals surface area contributed by atoms with E-state index < -0.39 is 17.4 Å². The Morgan fingerprint density at radius 1 is 1.00 bits per heavy atom. The summed E-state index contributed by atoms with van der Waals surface area (Å²) in [4.78, 5) is 13.4. The Hall–Kier alpha value is -2.11. The van der Waals surface area contributed by atoms with Gasteiger partial charge in [-0.15, -0.1) is 0 Å². The highest BCUT2D eigenvalue weighted by atomic mass is 79.9. The molecule has 1 aliphatic rings. The van der Waals surface area contributed by atoms with Crippen LogP contribution in [-0.2, 0) is 10.5 Å². The van der Waals surface area contributed by atoms with E-state index in [1.807, 2.05) is 6.07 Å². The van der Waals surface area contributed by atoms with Gasteiger partial charge in [0.15, 0.2) is 11.5 Å². The van der Waals surface area contributed by atoms with Gasteiger partial charge in [0, 0.05) is 21.8 Å². The van der Waals surface area contributed by atoms with E-state index in [9.17, 15) is 15.0 Å². The molecule has 0 spiro atoms. The molecular weight excluding hydrogens is 334 g/mol. The maximum absolute atomic E-state index is 12.2. The number of amides is 1. The van der Waals surface area contributed by atoms with Crippen LogP contribution in [0.1, 0.15) is 5.56 Å². The van der Waals surface area contributed by atoms with Crippen molar-refractivity contribution in [1.29, 1.82) is 0 Å². The topological polar surface area (TPSA) is 60.8 Å². The summed E-state index contributed by atoms with van der Waals surface area (Å²) in [7, 11) is 0. The smallest absolute Gasteiger partial charge is 0.295 e. The van der Waals surface area contributed by atoms with Gasteiger partial charge in [-0.25, -0.2) is 0 Å². The number of hydrogen-bond donors (Lipinski definition) is 2. The zero-order valence-corrected chi connectivity index (χ0v) is 12.5. The number of nitrogens with zero attached hydrogens (tertiary/aromatic N) is 1. The maximum Gasteiger partial charge on any atom is 0.295 e. The minimum atomic E-state index is -1.70. The molecule has 0 saturated carbocycles. The maximum atomic E-state index is 12.2. The molecule has 0 fully saturated rings. The van der Waals surface area contributed by atoms with Crippen LogP contribution >= 0.6 is 15.9 Å². The summed E-state index contributed by atoms with van der Waals surface area (Å²) in [5.41, 5.74) is -0.698. The summed E-state index contributed by atoms with van der Waals surface area (Å²) < 4.78 is 0.860. The Kier molecular flexibility index (Phi) is 3.31. The summed E-state index contributed by atoms with van der Waals surface area (Å²) in [6.45, 7) is 0. The van der Waals surface area contributed by atoms with Gasteiger partial charge in [0.1, 0.15) is 0 Å². The Bertz CT molecular complexity index is 712. The van der Waals surface area contributed by atoms with E-state index in [1.165, 1.54) is 4.90 Å². The molecule has 0 saturated heterocycles. The first-order valence-electron chi connectivity index (χ1n) is 6.32. The molecule has 3 rings (SSSR count). The molecule has 0 aromatic heterocycles. The van der Waals surface area contributed by atoms with Crippen molar-refractivity contribution < 1.29 is 15.0 Å². The van der Waals surface area contributed by atoms with Gasteiger partial charge in [0.2, 0.25) is 0 Å². The Balaban J connectivity index is 2.13. The van der Waals surface area contributed by atoms with Crippen LogP contribution in [0.15, 0.2) is 70.9 Å². The van der Waals surface area contributed by atoms with Crippen molar-refractivity contribution in [3.63, 3.8) is 0 Å². The van der Waals surface area contributed by atoms with Crippen LogP contribution in [0.25, 0.3) is 0 Å². The normalized spacial score (nSPS) is 21.5. The zero-order valence-electron chi connectivity index (χ0n) is 10.9. The molecule has 0 aliphatic carbocycles. The van der Waals surface area contributed by atoms with E-state index in [0.717, 1.165) is 10.5 Å². The second-order valence-electron chi connectivity index (χ2n) is 4.74. The first kappa shape index (κ1) is 13.9. The van der Waals surface area contributed by atoms with Crippen LogP contribution in [0, 0.1) is 0 Å². The molecule has 1 amide bonds. The molecule has 106 valence electrons. The monoisotopic (exact) mass is 345 g/mol. The third kappa shape index (κ3) is 2.24. The summed E-state index contributed by atoms with van der Waals surface area (Å²) >= 11 is 3.33. The van der Waals surface area contributed by atoms with E-state index in [1.54, 1.807) is 48.5 Å². The van der Waals surface area contributed by atoms with Crippen molar-refractivity contribution in [2.75, 3.05) is 4.90 Å². The van der Waals surface area contributed by atoms with Gasteiger partial charge in [-0.1, -0.05) is 46.3 Å². The second kappa shape index (κ2) is 5.02. The lowest BCUT2D eigenvalue weighted by atomic mass is 10.0. The number of carbonyl (C=O) groups is 1. The fourth-order valence-corrected chi connectivity index (χ4v) is 2.65. The molecule has 4 nitrogen and oxygen atoms in total. The fraction of sp³-hybridized carbons (Fsp3) is 0.0625. The zero-order chi connectivity index (χ0) is 15.0. The van der Waals surface area contributed by atoms with Crippen molar-refractivity contribution in [3.8, 4) is 0 Å². The highest BCUT2D eigenvalue weighted by molar-refractivity contribution is 9.10. The van der Waals surface area contributed by atoms with Gasteiger partial charge in [-0.05, 0) is 24.3 Å². The van der Waals surface area contributed by atoms with Gasteiger partial charge in [0.25, 0.3) is 5.91 Å². The number of aliphatic hydroxyl groups is 2. The predicted molar refractivity (Wildman–Crippen MR) is 82.7 cm³/mol. The molecular formula is C16H12BrNO3. The van der Waals surface area contributed by atoms with Crippen molar-refractivity contribution in [2.45, 2.75) is 5.72 Å². The van der Waals surface area contributed by atoms with Crippen molar-refractivity contribution in [1.82, 2.24) is 0 Å². The number of halogens is 1. The quantitative estimate of drug-likeness (QED) is 0.879. The van der Waals surface area contributed by atoms with Gasteiger partial charge in [-0.3, -0.25) is 9.69 Å². The number of hydrogen-bond acceptors (Lipinski definition) is 3. The summed E-state index contributed by atoms with van der Waals surface area (Å²) in [5, 5.41) is 20.7. The third-order valence-electron chi connectivity index (χ3n) is 3.38. The Morgan fingerprint density at radius 2 is 1.62 bits per heavy atom. The SMILES string of the molecule is O=C1C(O)=C[C@@](O)(c2ccccc2)N1c1ccc(Br)cc1. The average Bonchev–Trinajstić information content (AvgIpc) is 2.72. The predicted octanol–water partition coefficient (Wildman–Crippen LogP) is 3.08. The Morgan fingerprint density at radius 3 is 2.24 bits per heavy atom. The molecule has 0 bridgehead atoms. The number of carbonyl (C=O) groups excluding carboxylic acids is 1. The van der Waals surface area contributed by atoms with Crippen LogP contribution in [-0.4, -0.2) is 16.1 Å². The van der Waals surface area contributed by atoms with Crippen LogP contribution < -0.4 is 4.90 Å². The molecule has 0 radical (unpaired) electrons. The van der Waals surface area contributed by atoms with Crippen LogP contribution in [0.2, 0.25) is 0 Å². The first-order valence-corrected chi connectivity index (χ1v) is 7.11. The minimum absolute atomic E-state index is 0.468. The molecule has 1 atom stereocenters. The number of aliphatic hydroxyl groups excluding tert-OH is 1. The van der Waals surface area contributed by atoms with E-state index in [2.05, 4.69) is 15.9 Å². The Labute approximate surface area is 130 Å². The fourth-order valence-electron chi connectivity index (χ4n) is 2.39. The summed E-state index contributed by atoms with van der Waals surface area (Å²) in [6, 6.07) is 15.7. The van der Waals surface area contributed by atoms with Crippen molar-refractivity contribution in [2.24, 2.45) is 0 Å². The first-order chi connectivity index (χ1) is 10.0. The minimum Gasteiger partial charge on any atom is -0.503 e. The number of anilines is 1. The van der Waals surface area contributed by atoms with E-state index >= 15 is 0 Å². The van der Waals surface area contributed by atoms with Crippen LogP contribution in [0.5, 0.6) is 0 Å². The average molecular weight is 346 g/mol. The highest BCUT2D eigenvalue weighted by Crippen LogP contribution is 2.38. The van der Waals surface area contributed by atoms with Crippen molar-refractivity contribution >= 4 is 27.5 Å². The molecule has 1 heterocycles. The van der Waals surface area contributed by atoms with E-state index in [4.69, 9.17) is 0 Å². The summed E-state index contributed by atoms with van der Waals surface area (Å²) in [5.74, 6) is -1.10.